The summed E-state index contributed by atoms with van der Waals surface area (Å²) in [5.74, 6) is -0.162. The summed E-state index contributed by atoms with van der Waals surface area (Å²) in [6.45, 7) is 4.42. The summed E-state index contributed by atoms with van der Waals surface area (Å²) in [7, 11) is 1.86. The molecule has 0 unspecified atom stereocenters. The molecule has 1 aliphatic heterocycles. The number of carbonyl (C=O) groups is 1. The van der Waals surface area contributed by atoms with E-state index in [4.69, 9.17) is 4.74 Å². The molecule has 7 heteroatoms. The molecule has 0 fully saturated rings. The number of hydrogen-bond donors (Lipinski definition) is 2. The number of aromatic nitrogens is 4. The van der Waals surface area contributed by atoms with E-state index in [1.807, 2.05) is 39.1 Å². The minimum absolute atomic E-state index is 0.0578. The van der Waals surface area contributed by atoms with Gasteiger partial charge in [-0.15, -0.1) is 0 Å². The maximum absolute atomic E-state index is 12.7. The predicted octanol–water partition coefficient (Wildman–Crippen LogP) is 2.25. The normalized spacial score (nSPS) is 19.8. The summed E-state index contributed by atoms with van der Waals surface area (Å²) in [6.07, 6.45) is 2.48. The first-order chi connectivity index (χ1) is 12.0. The molecular weight excluding hydrogens is 318 g/mol. The van der Waals surface area contributed by atoms with Gasteiger partial charge in [0.1, 0.15) is 0 Å². The van der Waals surface area contributed by atoms with Gasteiger partial charge < -0.3 is 15.0 Å². The molecule has 0 bridgehead atoms. The number of rotatable bonds is 3. The Bertz CT molecular complexity index is 909. The van der Waals surface area contributed by atoms with Crippen LogP contribution in [-0.4, -0.2) is 31.8 Å². The first-order valence-corrected chi connectivity index (χ1v) is 8.45. The molecule has 1 aliphatic rings. The van der Waals surface area contributed by atoms with Crippen molar-refractivity contribution in [1.82, 2.24) is 25.1 Å². The van der Waals surface area contributed by atoms with Crippen LogP contribution in [0.1, 0.15) is 47.4 Å². The molecule has 1 amide bonds. The molecule has 2 atom stereocenters. The van der Waals surface area contributed by atoms with Crippen LogP contribution in [0.5, 0.6) is 0 Å². The fourth-order valence-corrected chi connectivity index (χ4v) is 3.59. The highest BCUT2D eigenvalue weighted by Gasteiger charge is 2.31. The second-order valence-electron chi connectivity index (χ2n) is 6.54. The van der Waals surface area contributed by atoms with Crippen molar-refractivity contribution >= 4 is 16.9 Å². The Hall–Kier alpha value is -2.67. The van der Waals surface area contributed by atoms with Crippen molar-refractivity contribution in [2.45, 2.75) is 39.0 Å². The first kappa shape index (κ1) is 15.8. The van der Waals surface area contributed by atoms with E-state index in [1.54, 1.807) is 10.9 Å². The maximum Gasteiger partial charge on any atom is 0.272 e. The van der Waals surface area contributed by atoms with Gasteiger partial charge in [-0.3, -0.25) is 14.5 Å². The fourth-order valence-electron chi connectivity index (χ4n) is 3.59. The summed E-state index contributed by atoms with van der Waals surface area (Å²) in [4.78, 5) is 20.2. The van der Waals surface area contributed by atoms with Gasteiger partial charge in [-0.05, 0) is 32.0 Å². The molecule has 0 saturated heterocycles. The Balaban J connectivity index is 1.54. The lowest BCUT2D eigenvalue weighted by Gasteiger charge is -2.26. The SMILES string of the molecule is C[C@@H]1Cc2c(C(=O)NCc3cc4ncccc4[nH]3)nn(C)c2[C@H](C)O1. The third-order valence-electron chi connectivity index (χ3n) is 4.61. The zero-order chi connectivity index (χ0) is 17.6. The molecule has 25 heavy (non-hydrogen) atoms. The standard InChI is InChI=1S/C18H21N5O2/c1-10-7-13-16(22-23(3)17(13)11(2)25-10)18(24)20-9-12-8-15-14(21-12)5-4-6-19-15/h4-6,8,10-11,21H,7,9H2,1-3H3,(H,20,24)/t10-,11+/m1/s1. The van der Waals surface area contributed by atoms with Gasteiger partial charge in [-0.1, -0.05) is 0 Å². The van der Waals surface area contributed by atoms with Crippen LogP contribution < -0.4 is 5.32 Å². The Labute approximate surface area is 145 Å². The molecule has 3 aromatic rings. The minimum atomic E-state index is -0.162. The number of pyridine rings is 1. The lowest BCUT2D eigenvalue weighted by atomic mass is 9.99. The molecule has 0 radical (unpaired) electrons. The van der Waals surface area contributed by atoms with Crippen molar-refractivity contribution in [2.75, 3.05) is 0 Å². The Kier molecular flexibility index (Phi) is 3.80. The van der Waals surface area contributed by atoms with E-state index in [-0.39, 0.29) is 18.1 Å². The number of nitrogens with zero attached hydrogens (tertiary/aromatic N) is 3. The van der Waals surface area contributed by atoms with Crippen molar-refractivity contribution in [1.29, 1.82) is 0 Å². The van der Waals surface area contributed by atoms with Crippen LogP contribution in [0.2, 0.25) is 0 Å². The highest BCUT2D eigenvalue weighted by molar-refractivity contribution is 5.94. The molecule has 7 nitrogen and oxygen atoms in total. The Morgan fingerprint density at radius 3 is 3.12 bits per heavy atom. The number of ether oxygens (including phenoxy) is 1. The number of carbonyl (C=O) groups excluding carboxylic acids is 1. The summed E-state index contributed by atoms with van der Waals surface area (Å²) in [6, 6.07) is 5.79. The average Bonchev–Trinajstić information content (AvgIpc) is 3.13. The molecule has 0 aromatic carbocycles. The second kappa shape index (κ2) is 6.00. The Morgan fingerprint density at radius 1 is 1.48 bits per heavy atom. The van der Waals surface area contributed by atoms with Crippen LogP contribution >= 0.6 is 0 Å². The predicted molar refractivity (Wildman–Crippen MR) is 93.1 cm³/mol. The zero-order valence-electron chi connectivity index (χ0n) is 14.5. The van der Waals surface area contributed by atoms with E-state index in [0.29, 0.717) is 18.7 Å². The smallest absolute Gasteiger partial charge is 0.272 e. The van der Waals surface area contributed by atoms with Crippen LogP contribution in [0.4, 0.5) is 0 Å². The molecule has 130 valence electrons. The van der Waals surface area contributed by atoms with Crippen molar-refractivity contribution < 1.29 is 9.53 Å². The van der Waals surface area contributed by atoms with E-state index in [2.05, 4.69) is 20.4 Å². The van der Waals surface area contributed by atoms with Crippen LogP contribution in [0.3, 0.4) is 0 Å². The van der Waals surface area contributed by atoms with Crippen LogP contribution in [0.15, 0.2) is 24.4 Å². The van der Waals surface area contributed by atoms with Gasteiger partial charge in [0, 0.05) is 30.9 Å². The van der Waals surface area contributed by atoms with Gasteiger partial charge in [0.15, 0.2) is 5.69 Å². The lowest BCUT2D eigenvalue weighted by molar-refractivity contribution is -0.00903. The third kappa shape index (κ3) is 2.80. The van der Waals surface area contributed by atoms with E-state index >= 15 is 0 Å². The van der Waals surface area contributed by atoms with Gasteiger partial charge in [0.2, 0.25) is 0 Å². The van der Waals surface area contributed by atoms with Crippen LogP contribution in [0, 0.1) is 0 Å². The van der Waals surface area contributed by atoms with Gasteiger partial charge in [0.25, 0.3) is 5.91 Å². The number of nitrogens with one attached hydrogen (secondary N) is 2. The van der Waals surface area contributed by atoms with Gasteiger partial charge in [-0.25, -0.2) is 0 Å². The molecule has 3 aromatic heterocycles. The quantitative estimate of drug-likeness (QED) is 0.766. The van der Waals surface area contributed by atoms with Crippen LogP contribution in [0.25, 0.3) is 11.0 Å². The van der Waals surface area contributed by atoms with Crippen molar-refractivity contribution in [3.63, 3.8) is 0 Å². The van der Waals surface area contributed by atoms with Crippen molar-refractivity contribution in [3.05, 3.63) is 47.0 Å². The fraction of sp³-hybridized carbons (Fsp3) is 0.389. The zero-order valence-corrected chi connectivity index (χ0v) is 14.5. The summed E-state index contributed by atoms with van der Waals surface area (Å²) in [5.41, 5.74) is 5.23. The monoisotopic (exact) mass is 339 g/mol. The number of hydrogen-bond acceptors (Lipinski definition) is 4. The van der Waals surface area contributed by atoms with E-state index in [9.17, 15) is 4.79 Å². The highest BCUT2D eigenvalue weighted by Crippen LogP contribution is 2.31. The largest absolute Gasteiger partial charge is 0.369 e. The number of amides is 1. The van der Waals surface area contributed by atoms with Crippen molar-refractivity contribution in [2.24, 2.45) is 7.05 Å². The Morgan fingerprint density at radius 2 is 2.32 bits per heavy atom. The highest BCUT2D eigenvalue weighted by atomic mass is 16.5. The topological polar surface area (TPSA) is 84.8 Å². The summed E-state index contributed by atoms with van der Waals surface area (Å²) >= 11 is 0. The molecule has 0 saturated carbocycles. The number of aryl methyl sites for hydroxylation is 1. The number of H-pyrrole nitrogens is 1. The van der Waals surface area contributed by atoms with E-state index < -0.39 is 0 Å². The molecule has 0 aliphatic carbocycles. The third-order valence-corrected chi connectivity index (χ3v) is 4.61. The molecule has 0 spiro atoms. The molecule has 2 N–H and O–H groups in total. The lowest BCUT2D eigenvalue weighted by Crippen LogP contribution is -2.27. The summed E-state index contributed by atoms with van der Waals surface area (Å²) in [5, 5.41) is 7.39. The van der Waals surface area contributed by atoms with Gasteiger partial charge >= 0.3 is 0 Å². The van der Waals surface area contributed by atoms with Gasteiger partial charge in [0.05, 0.1) is 35.5 Å². The average molecular weight is 339 g/mol. The van der Waals surface area contributed by atoms with E-state index in [1.165, 1.54) is 0 Å². The molecule has 4 rings (SSSR count). The number of aromatic amines is 1. The summed E-state index contributed by atoms with van der Waals surface area (Å²) < 4.78 is 7.60. The van der Waals surface area contributed by atoms with Crippen LogP contribution in [-0.2, 0) is 24.8 Å². The van der Waals surface area contributed by atoms with E-state index in [0.717, 1.165) is 28.0 Å². The molecule has 4 heterocycles. The minimum Gasteiger partial charge on any atom is -0.369 e. The maximum atomic E-state index is 12.7. The first-order valence-electron chi connectivity index (χ1n) is 8.45. The number of fused-ring (bicyclic) bond motifs is 2. The molecular formula is C18H21N5O2. The second-order valence-corrected chi connectivity index (χ2v) is 6.54. The van der Waals surface area contributed by atoms with Crippen molar-refractivity contribution in [3.8, 4) is 0 Å². The van der Waals surface area contributed by atoms with Gasteiger partial charge in [-0.2, -0.15) is 5.10 Å².